The maximum atomic E-state index is 10.4. The van der Waals surface area contributed by atoms with Crippen molar-refractivity contribution in [2.24, 2.45) is 5.92 Å². The van der Waals surface area contributed by atoms with E-state index in [1.807, 2.05) is 42.5 Å². The van der Waals surface area contributed by atoms with Crippen LogP contribution in [0.1, 0.15) is 29.0 Å². The maximum Gasteiger partial charge on any atom is 0.407 e. The van der Waals surface area contributed by atoms with Crippen molar-refractivity contribution in [3.63, 3.8) is 0 Å². The molecule has 0 spiro atoms. The van der Waals surface area contributed by atoms with Crippen LogP contribution in [-0.2, 0) is 13.1 Å². The first-order chi connectivity index (χ1) is 17.5. The van der Waals surface area contributed by atoms with Crippen molar-refractivity contribution in [3.05, 3.63) is 107 Å². The topological polar surface area (TPSA) is 47.0 Å². The fourth-order valence-corrected chi connectivity index (χ4v) is 4.92. The number of rotatable bonds is 7. The van der Waals surface area contributed by atoms with Gasteiger partial charge in [-0.25, -0.2) is 4.79 Å². The van der Waals surface area contributed by atoms with E-state index in [2.05, 4.69) is 52.3 Å². The molecule has 1 N–H and O–H groups in total. The summed E-state index contributed by atoms with van der Waals surface area (Å²) in [6.45, 7) is 7.57. The minimum atomic E-state index is -0.904. The van der Waals surface area contributed by atoms with Crippen molar-refractivity contribution < 1.29 is 9.90 Å². The number of carbonyl (C=O) groups is 1. The van der Waals surface area contributed by atoms with Gasteiger partial charge in [-0.3, -0.25) is 4.90 Å². The van der Waals surface area contributed by atoms with E-state index in [4.69, 9.17) is 16.7 Å². The third-order valence-electron chi connectivity index (χ3n) is 7.02. The summed E-state index contributed by atoms with van der Waals surface area (Å²) in [6.07, 6.45) is 0.435. The Morgan fingerprint density at radius 2 is 1.42 bits per heavy atom. The zero-order chi connectivity index (χ0) is 25.3. The molecule has 2 fully saturated rings. The molecule has 1 amide bonds. The Balaban J connectivity index is 0.000000214. The van der Waals surface area contributed by atoms with Crippen molar-refractivity contribution in [1.82, 2.24) is 14.7 Å². The highest BCUT2D eigenvalue weighted by Crippen LogP contribution is 2.48. The number of piperazine rings is 1. The standard InChI is InChI=1S/C21H25ClN2.C9H11NO2/c22-20-8-6-18(7-9-20)21-14-19(21)16-24-12-10-23(11-13-24)15-17-4-2-1-3-5-17;1-10(9(11)12)7-8-5-3-2-4-6-8/h1-9,19,21H,10-16H2;2-6H,7H2,1H3,(H,11,12)/t19-,21+;/m0./s1. The molecule has 1 saturated carbocycles. The van der Waals surface area contributed by atoms with Crippen LogP contribution < -0.4 is 0 Å². The van der Waals surface area contributed by atoms with Crippen molar-refractivity contribution >= 4 is 17.7 Å². The van der Waals surface area contributed by atoms with Gasteiger partial charge in [0.2, 0.25) is 0 Å². The molecule has 3 aromatic rings. The SMILES string of the molecule is CN(Cc1ccccc1)C(=O)O.Clc1ccc([C@H]2C[C@H]2CN2CCN(Cc3ccccc3)CC2)cc1. The Bertz CT molecular complexity index is 1070. The highest BCUT2D eigenvalue weighted by molar-refractivity contribution is 6.30. The molecule has 5 rings (SSSR count). The van der Waals surface area contributed by atoms with Gasteiger partial charge >= 0.3 is 6.09 Å². The van der Waals surface area contributed by atoms with Crippen LogP contribution in [-0.4, -0.2) is 65.7 Å². The minimum Gasteiger partial charge on any atom is -0.465 e. The number of halogens is 1. The van der Waals surface area contributed by atoms with Gasteiger partial charge in [0.1, 0.15) is 0 Å². The van der Waals surface area contributed by atoms with E-state index >= 15 is 0 Å². The first kappa shape index (κ1) is 26.2. The number of benzene rings is 3. The molecule has 1 heterocycles. The van der Waals surface area contributed by atoms with E-state index in [0.29, 0.717) is 6.54 Å². The fraction of sp³-hybridized carbons (Fsp3) is 0.367. The maximum absolute atomic E-state index is 10.4. The Hall–Kier alpha value is -2.86. The summed E-state index contributed by atoms with van der Waals surface area (Å²) in [5.41, 5.74) is 3.89. The predicted octanol–water partition coefficient (Wildman–Crippen LogP) is 6.06. The van der Waals surface area contributed by atoms with Gasteiger partial charge in [0.05, 0.1) is 0 Å². The summed E-state index contributed by atoms with van der Waals surface area (Å²) in [6, 6.07) is 28.8. The first-order valence-electron chi connectivity index (χ1n) is 12.7. The van der Waals surface area contributed by atoms with Gasteiger partial charge in [0.15, 0.2) is 0 Å². The van der Waals surface area contributed by atoms with Gasteiger partial charge in [0, 0.05) is 57.9 Å². The molecular weight excluding hydrogens is 470 g/mol. The monoisotopic (exact) mass is 505 g/mol. The number of amides is 1. The highest BCUT2D eigenvalue weighted by Gasteiger charge is 2.39. The lowest BCUT2D eigenvalue weighted by molar-refractivity contribution is 0.123. The smallest absolute Gasteiger partial charge is 0.407 e. The Labute approximate surface area is 219 Å². The third-order valence-corrected chi connectivity index (χ3v) is 7.27. The van der Waals surface area contributed by atoms with E-state index in [1.54, 1.807) is 7.05 Å². The molecule has 0 bridgehead atoms. The molecular formula is C30H36ClN3O2. The number of hydrogen-bond donors (Lipinski definition) is 1. The van der Waals surface area contributed by atoms with Crippen molar-refractivity contribution in [1.29, 1.82) is 0 Å². The summed E-state index contributed by atoms with van der Waals surface area (Å²) in [5, 5.41) is 9.41. The Kier molecular flexibility index (Phi) is 9.40. The molecule has 3 aromatic carbocycles. The second-order valence-corrected chi connectivity index (χ2v) is 10.3. The van der Waals surface area contributed by atoms with Gasteiger partial charge in [-0.2, -0.15) is 0 Å². The molecule has 1 aliphatic heterocycles. The fourth-order valence-electron chi connectivity index (χ4n) is 4.80. The number of nitrogens with zero attached hydrogens (tertiary/aromatic N) is 3. The Morgan fingerprint density at radius 3 is 2.00 bits per heavy atom. The molecule has 5 nitrogen and oxygen atoms in total. The van der Waals surface area contributed by atoms with E-state index in [0.717, 1.165) is 29.0 Å². The van der Waals surface area contributed by atoms with Crippen LogP contribution in [0.15, 0.2) is 84.9 Å². The van der Waals surface area contributed by atoms with Crippen LogP contribution in [0.4, 0.5) is 4.79 Å². The second kappa shape index (κ2) is 12.9. The molecule has 6 heteroatoms. The normalized spacial score (nSPS) is 19.7. The van der Waals surface area contributed by atoms with Crippen molar-refractivity contribution in [2.75, 3.05) is 39.8 Å². The Morgan fingerprint density at radius 1 is 0.861 bits per heavy atom. The largest absolute Gasteiger partial charge is 0.465 e. The molecule has 0 aromatic heterocycles. The van der Waals surface area contributed by atoms with Crippen LogP contribution in [0.5, 0.6) is 0 Å². The summed E-state index contributed by atoms with van der Waals surface area (Å²) in [5.74, 6) is 1.59. The molecule has 1 saturated heterocycles. The lowest BCUT2D eigenvalue weighted by Gasteiger charge is -2.34. The summed E-state index contributed by atoms with van der Waals surface area (Å²) in [7, 11) is 1.55. The minimum absolute atomic E-state index is 0.441. The first-order valence-corrected chi connectivity index (χ1v) is 13.1. The molecule has 2 aliphatic rings. The van der Waals surface area contributed by atoms with Crippen LogP contribution in [0.25, 0.3) is 0 Å². The molecule has 2 atom stereocenters. The van der Waals surface area contributed by atoms with Crippen molar-refractivity contribution in [2.45, 2.75) is 25.4 Å². The van der Waals surface area contributed by atoms with Crippen LogP contribution in [0.2, 0.25) is 5.02 Å². The van der Waals surface area contributed by atoms with Gasteiger partial charge in [-0.1, -0.05) is 84.4 Å². The summed E-state index contributed by atoms with van der Waals surface area (Å²) in [4.78, 5) is 16.9. The second-order valence-electron chi connectivity index (χ2n) is 9.84. The predicted molar refractivity (Wildman–Crippen MR) is 146 cm³/mol. The van der Waals surface area contributed by atoms with Crippen LogP contribution >= 0.6 is 11.6 Å². The van der Waals surface area contributed by atoms with E-state index in [9.17, 15) is 4.79 Å². The van der Waals surface area contributed by atoms with Gasteiger partial charge < -0.3 is 14.9 Å². The molecule has 0 unspecified atom stereocenters. The van der Waals surface area contributed by atoms with E-state index < -0.39 is 6.09 Å². The average molecular weight is 506 g/mol. The van der Waals surface area contributed by atoms with E-state index in [1.165, 1.54) is 55.2 Å². The highest BCUT2D eigenvalue weighted by atomic mass is 35.5. The zero-order valence-electron chi connectivity index (χ0n) is 21.0. The number of carboxylic acid groups (broad SMARTS) is 1. The average Bonchev–Trinajstić information content (AvgIpc) is 3.66. The lowest BCUT2D eigenvalue weighted by Crippen LogP contribution is -2.46. The van der Waals surface area contributed by atoms with Crippen molar-refractivity contribution in [3.8, 4) is 0 Å². The quantitative estimate of drug-likeness (QED) is 0.424. The van der Waals surface area contributed by atoms with Gasteiger partial charge in [-0.05, 0) is 47.1 Å². The molecule has 1 aliphatic carbocycles. The van der Waals surface area contributed by atoms with E-state index in [-0.39, 0.29) is 0 Å². The molecule has 36 heavy (non-hydrogen) atoms. The zero-order valence-corrected chi connectivity index (χ0v) is 21.7. The molecule has 0 radical (unpaired) electrons. The third kappa shape index (κ3) is 8.09. The van der Waals surface area contributed by atoms with Crippen LogP contribution in [0.3, 0.4) is 0 Å². The van der Waals surface area contributed by atoms with Gasteiger partial charge in [-0.15, -0.1) is 0 Å². The van der Waals surface area contributed by atoms with Crippen LogP contribution in [0, 0.1) is 5.92 Å². The lowest BCUT2D eigenvalue weighted by atomic mass is 10.1. The summed E-state index contributed by atoms with van der Waals surface area (Å²) >= 11 is 5.99. The molecule has 190 valence electrons. The summed E-state index contributed by atoms with van der Waals surface area (Å²) < 4.78 is 0. The number of hydrogen-bond acceptors (Lipinski definition) is 3. The van der Waals surface area contributed by atoms with Gasteiger partial charge in [0.25, 0.3) is 0 Å².